The lowest BCUT2D eigenvalue weighted by molar-refractivity contribution is -0.132. The van der Waals surface area contributed by atoms with Gasteiger partial charge in [0.25, 0.3) is 0 Å². The lowest BCUT2D eigenvalue weighted by Gasteiger charge is -2.36. The number of amides is 1. The van der Waals surface area contributed by atoms with Gasteiger partial charge in [-0.15, -0.1) is 24.8 Å². The van der Waals surface area contributed by atoms with Gasteiger partial charge in [-0.25, -0.2) is 0 Å². The van der Waals surface area contributed by atoms with Crippen molar-refractivity contribution in [1.29, 1.82) is 0 Å². The third kappa shape index (κ3) is 4.65. The van der Waals surface area contributed by atoms with Gasteiger partial charge in [-0.05, 0) is 75.0 Å². The Labute approximate surface area is 199 Å². The Morgan fingerprint density at radius 2 is 1.74 bits per heavy atom. The quantitative estimate of drug-likeness (QED) is 0.613. The largest absolute Gasteiger partial charge is 0.495 e. The summed E-state index contributed by atoms with van der Waals surface area (Å²) >= 11 is 0. The maximum atomic E-state index is 13.0. The van der Waals surface area contributed by atoms with Crippen LogP contribution >= 0.6 is 24.8 Å². The van der Waals surface area contributed by atoms with E-state index in [4.69, 9.17) is 4.74 Å². The number of hydrogen-bond donors (Lipinski definition) is 1. The van der Waals surface area contributed by atoms with Gasteiger partial charge in [0.15, 0.2) is 0 Å². The van der Waals surface area contributed by atoms with Gasteiger partial charge in [0.05, 0.1) is 18.2 Å². The van der Waals surface area contributed by atoms with E-state index >= 15 is 0 Å². The van der Waals surface area contributed by atoms with Crippen molar-refractivity contribution in [1.82, 2.24) is 10.2 Å². The molecule has 1 saturated heterocycles. The average Bonchev–Trinajstić information content (AvgIpc) is 3.16. The van der Waals surface area contributed by atoms with Crippen molar-refractivity contribution in [2.45, 2.75) is 38.5 Å². The van der Waals surface area contributed by atoms with Crippen LogP contribution in [0.1, 0.15) is 38.5 Å². The van der Waals surface area contributed by atoms with Gasteiger partial charge in [-0.3, -0.25) is 9.69 Å². The second-order valence-corrected chi connectivity index (χ2v) is 9.81. The van der Waals surface area contributed by atoms with E-state index in [1.807, 2.05) is 12.1 Å². The summed E-state index contributed by atoms with van der Waals surface area (Å²) in [5.74, 6) is 3.72. The van der Waals surface area contributed by atoms with Crippen molar-refractivity contribution in [2.75, 3.05) is 51.3 Å². The standard InChI is InChI=1S/C24H35N3O2.2ClH/c1-29-22-6-3-2-5-21(22)27-11-9-26(10-12-27)8-4-7-25-23(28)24-16-18-13-19(17-24)15-20(24)14-18;;/h2-3,5-6,18-20H,4,7-17H2,1H3,(H,25,28);2*1H/t18-,19?,20?,24?;;/m0../s1. The van der Waals surface area contributed by atoms with Crippen LogP contribution in [0.3, 0.4) is 0 Å². The summed E-state index contributed by atoms with van der Waals surface area (Å²) in [5.41, 5.74) is 1.22. The number of hydrogen-bond acceptors (Lipinski definition) is 4. The van der Waals surface area contributed by atoms with E-state index in [-0.39, 0.29) is 30.2 Å². The number of methoxy groups -OCH3 is 1. The molecule has 1 aliphatic heterocycles. The molecule has 1 amide bonds. The Kier molecular flexibility index (Phi) is 8.04. The van der Waals surface area contributed by atoms with Crippen LogP contribution in [0.15, 0.2) is 24.3 Å². The monoisotopic (exact) mass is 469 g/mol. The van der Waals surface area contributed by atoms with E-state index in [0.717, 1.165) is 63.3 Å². The third-order valence-electron chi connectivity index (χ3n) is 8.18. The lowest BCUT2D eigenvalue weighted by atomic mass is 9.75. The van der Waals surface area contributed by atoms with Crippen LogP contribution in [0.2, 0.25) is 0 Å². The molecular formula is C24H37Cl2N3O2. The van der Waals surface area contributed by atoms with E-state index in [1.165, 1.54) is 37.8 Å². The molecule has 1 aromatic carbocycles. The highest BCUT2D eigenvalue weighted by Gasteiger charge is 2.61. The number of ether oxygens (including phenoxy) is 1. The third-order valence-corrected chi connectivity index (χ3v) is 8.18. The van der Waals surface area contributed by atoms with Crippen LogP contribution in [0, 0.1) is 23.2 Å². The Hall–Kier alpha value is -1.17. The fraction of sp³-hybridized carbons (Fsp3) is 0.708. The molecule has 0 aromatic heterocycles. The molecule has 1 heterocycles. The summed E-state index contributed by atoms with van der Waals surface area (Å²) in [7, 11) is 1.74. The smallest absolute Gasteiger partial charge is 0.226 e. The summed E-state index contributed by atoms with van der Waals surface area (Å²) in [6.07, 6.45) is 7.43. The number of piperazine rings is 1. The zero-order chi connectivity index (χ0) is 19.8. The number of nitrogens with one attached hydrogen (secondary N) is 1. The van der Waals surface area contributed by atoms with Crippen molar-refractivity contribution >= 4 is 36.4 Å². The van der Waals surface area contributed by atoms with Crippen molar-refractivity contribution in [2.24, 2.45) is 23.2 Å². The molecule has 0 spiro atoms. The zero-order valence-electron chi connectivity index (χ0n) is 18.6. The SMILES string of the molecule is COc1ccccc1N1CCN(CCCNC(=O)C23CC4CC2C[C@H](C4)C3)CC1.Cl.Cl. The number of anilines is 1. The molecule has 3 unspecified atom stereocenters. The van der Waals surface area contributed by atoms with Crippen LogP contribution < -0.4 is 15.0 Å². The summed E-state index contributed by atoms with van der Waals surface area (Å²) in [5, 5.41) is 3.32. The molecule has 174 valence electrons. The summed E-state index contributed by atoms with van der Waals surface area (Å²) in [4.78, 5) is 17.9. The Morgan fingerprint density at radius 1 is 1.06 bits per heavy atom. The van der Waals surface area contributed by atoms with Crippen molar-refractivity contribution in [3.8, 4) is 5.75 Å². The topological polar surface area (TPSA) is 44.8 Å². The summed E-state index contributed by atoms with van der Waals surface area (Å²) in [6.45, 7) is 6.10. The minimum absolute atomic E-state index is 0. The van der Waals surface area contributed by atoms with Crippen molar-refractivity contribution < 1.29 is 9.53 Å². The van der Waals surface area contributed by atoms with Crippen LogP contribution in [-0.2, 0) is 4.79 Å². The Bertz CT molecular complexity index is 740. The van der Waals surface area contributed by atoms with Gasteiger partial charge in [0.1, 0.15) is 5.75 Å². The van der Waals surface area contributed by atoms with Gasteiger partial charge in [0, 0.05) is 32.7 Å². The summed E-state index contributed by atoms with van der Waals surface area (Å²) < 4.78 is 5.51. The van der Waals surface area contributed by atoms with E-state index in [9.17, 15) is 4.79 Å². The molecule has 4 aliphatic carbocycles. The highest BCUT2D eigenvalue weighted by molar-refractivity contribution is 5.85. The molecule has 5 nitrogen and oxygen atoms in total. The highest BCUT2D eigenvalue weighted by Crippen LogP contribution is 2.65. The molecular weight excluding hydrogens is 433 g/mol. The Morgan fingerprint density at radius 3 is 2.42 bits per heavy atom. The van der Waals surface area contributed by atoms with Crippen molar-refractivity contribution in [3.05, 3.63) is 24.3 Å². The predicted octanol–water partition coefficient (Wildman–Crippen LogP) is 3.99. The summed E-state index contributed by atoms with van der Waals surface area (Å²) in [6, 6.07) is 8.28. The fourth-order valence-corrected chi connectivity index (χ4v) is 6.95. The van der Waals surface area contributed by atoms with E-state index < -0.39 is 0 Å². The zero-order valence-corrected chi connectivity index (χ0v) is 20.2. The van der Waals surface area contributed by atoms with Gasteiger partial charge in [-0.1, -0.05) is 12.1 Å². The van der Waals surface area contributed by atoms with E-state index in [0.29, 0.717) is 11.8 Å². The number of para-hydroxylation sites is 2. The first-order chi connectivity index (χ1) is 14.2. The molecule has 4 bridgehead atoms. The maximum absolute atomic E-state index is 13.0. The molecule has 5 aliphatic rings. The molecule has 31 heavy (non-hydrogen) atoms. The molecule has 0 radical (unpaired) electrons. The fourth-order valence-electron chi connectivity index (χ4n) is 6.95. The predicted molar refractivity (Wildman–Crippen MR) is 130 cm³/mol. The first kappa shape index (κ1) is 24.5. The molecule has 4 saturated carbocycles. The molecule has 1 aromatic rings. The molecule has 1 N–H and O–H groups in total. The van der Waals surface area contributed by atoms with Crippen molar-refractivity contribution in [3.63, 3.8) is 0 Å². The van der Waals surface area contributed by atoms with Gasteiger partial charge < -0.3 is 15.0 Å². The van der Waals surface area contributed by atoms with Crippen LogP contribution in [0.5, 0.6) is 5.75 Å². The van der Waals surface area contributed by atoms with Gasteiger partial charge >= 0.3 is 0 Å². The minimum atomic E-state index is 0. The number of benzene rings is 1. The minimum Gasteiger partial charge on any atom is -0.495 e. The lowest BCUT2D eigenvalue weighted by Crippen LogP contribution is -2.47. The number of carbonyl (C=O) groups excluding carboxylic acids is 1. The van der Waals surface area contributed by atoms with Gasteiger partial charge in [-0.2, -0.15) is 0 Å². The second kappa shape index (κ2) is 10.2. The molecule has 5 fully saturated rings. The van der Waals surface area contributed by atoms with Gasteiger partial charge in [0.2, 0.25) is 5.91 Å². The molecule has 4 atom stereocenters. The van der Waals surface area contributed by atoms with E-state index in [1.54, 1.807) is 7.11 Å². The van der Waals surface area contributed by atoms with E-state index in [2.05, 4.69) is 27.2 Å². The number of halogens is 2. The highest BCUT2D eigenvalue weighted by atomic mass is 35.5. The first-order valence-corrected chi connectivity index (χ1v) is 11.6. The average molecular weight is 470 g/mol. The Balaban J connectivity index is 0.00000136. The second-order valence-electron chi connectivity index (χ2n) is 9.81. The first-order valence-electron chi connectivity index (χ1n) is 11.6. The van der Waals surface area contributed by atoms with Crippen LogP contribution in [0.4, 0.5) is 5.69 Å². The maximum Gasteiger partial charge on any atom is 0.226 e. The number of rotatable bonds is 7. The molecule has 7 heteroatoms. The van der Waals surface area contributed by atoms with Crippen LogP contribution in [-0.4, -0.2) is 57.2 Å². The van der Waals surface area contributed by atoms with Crippen LogP contribution in [0.25, 0.3) is 0 Å². The number of carbonyl (C=O) groups is 1. The molecule has 6 rings (SSSR count). The normalized spacial score (nSPS) is 31.1. The number of nitrogens with zero attached hydrogens (tertiary/aromatic N) is 2.